The summed E-state index contributed by atoms with van der Waals surface area (Å²) in [6.45, 7) is 7.00. The van der Waals surface area contributed by atoms with Crippen molar-refractivity contribution in [1.82, 2.24) is 9.97 Å². The summed E-state index contributed by atoms with van der Waals surface area (Å²) in [5, 5.41) is 15.9. The van der Waals surface area contributed by atoms with Gasteiger partial charge in [-0.15, -0.1) is 0 Å². The Kier molecular flexibility index (Phi) is 4.24. The molecule has 106 valence electrons. The number of anilines is 2. The number of aromatic nitrogens is 2. The van der Waals surface area contributed by atoms with Crippen molar-refractivity contribution in [3.8, 4) is 0 Å². The topological polar surface area (TPSA) is 70.1 Å². The highest BCUT2D eigenvalue weighted by Crippen LogP contribution is 2.39. The Labute approximate surface area is 114 Å². The van der Waals surface area contributed by atoms with Gasteiger partial charge in [-0.25, -0.2) is 9.97 Å². The molecule has 1 saturated carbocycles. The molecular weight excluding hydrogens is 240 g/mol. The predicted molar refractivity (Wildman–Crippen MR) is 77.6 cm³/mol. The van der Waals surface area contributed by atoms with Crippen molar-refractivity contribution in [1.29, 1.82) is 0 Å². The Bertz CT molecular complexity index is 429. The van der Waals surface area contributed by atoms with Gasteiger partial charge in [-0.2, -0.15) is 0 Å². The average molecular weight is 264 g/mol. The zero-order valence-electron chi connectivity index (χ0n) is 12.0. The molecule has 0 bridgehead atoms. The first-order valence-electron chi connectivity index (χ1n) is 7.06. The van der Waals surface area contributed by atoms with Crippen LogP contribution in [0.25, 0.3) is 0 Å². The summed E-state index contributed by atoms with van der Waals surface area (Å²) in [5.41, 5.74) is -0.378. The quantitative estimate of drug-likeness (QED) is 0.705. The Hall–Kier alpha value is -1.36. The number of nitrogens with zero attached hydrogens (tertiary/aromatic N) is 2. The van der Waals surface area contributed by atoms with E-state index in [2.05, 4.69) is 27.5 Å². The van der Waals surface area contributed by atoms with E-state index in [9.17, 15) is 5.11 Å². The molecule has 5 heteroatoms. The Morgan fingerprint density at radius 3 is 2.58 bits per heavy atom. The van der Waals surface area contributed by atoms with Crippen LogP contribution in [-0.4, -0.2) is 33.8 Å². The fourth-order valence-corrected chi connectivity index (χ4v) is 1.78. The first-order chi connectivity index (χ1) is 9.04. The molecule has 1 aliphatic rings. The molecule has 5 nitrogen and oxygen atoms in total. The van der Waals surface area contributed by atoms with Crippen LogP contribution in [0.2, 0.25) is 0 Å². The van der Waals surface area contributed by atoms with Crippen LogP contribution >= 0.6 is 0 Å². The van der Waals surface area contributed by atoms with Gasteiger partial charge >= 0.3 is 0 Å². The number of aliphatic hydroxyl groups is 1. The third-order valence-electron chi connectivity index (χ3n) is 3.10. The SMILES string of the molecule is CCCNc1cc(NC(C)(C)CO)nc(C2CC2)n1. The standard InChI is InChI=1S/C14H24N4O/c1-4-7-15-11-8-12(18-14(2,3)9-19)17-13(16-11)10-5-6-10/h8,10,19H,4-7,9H2,1-3H3,(H2,15,16,17,18). The molecule has 0 amide bonds. The summed E-state index contributed by atoms with van der Waals surface area (Å²) >= 11 is 0. The lowest BCUT2D eigenvalue weighted by Crippen LogP contribution is -2.35. The first-order valence-corrected chi connectivity index (χ1v) is 7.06. The maximum atomic E-state index is 9.34. The van der Waals surface area contributed by atoms with Crippen LogP contribution in [0.1, 0.15) is 51.8 Å². The lowest BCUT2D eigenvalue weighted by atomic mass is 10.1. The molecule has 1 aromatic heterocycles. The van der Waals surface area contributed by atoms with Crippen molar-refractivity contribution in [3.63, 3.8) is 0 Å². The molecule has 1 aromatic rings. The van der Waals surface area contributed by atoms with E-state index in [1.54, 1.807) is 0 Å². The van der Waals surface area contributed by atoms with Crippen LogP contribution in [0, 0.1) is 0 Å². The van der Waals surface area contributed by atoms with Gasteiger partial charge in [0.25, 0.3) is 0 Å². The van der Waals surface area contributed by atoms with Gasteiger partial charge in [-0.3, -0.25) is 0 Å². The van der Waals surface area contributed by atoms with Crippen molar-refractivity contribution < 1.29 is 5.11 Å². The van der Waals surface area contributed by atoms with Crippen molar-refractivity contribution in [2.24, 2.45) is 0 Å². The van der Waals surface area contributed by atoms with Crippen LogP contribution in [0.15, 0.2) is 6.07 Å². The van der Waals surface area contributed by atoms with E-state index in [-0.39, 0.29) is 12.1 Å². The minimum atomic E-state index is -0.378. The molecule has 0 unspecified atom stereocenters. The third-order valence-corrected chi connectivity index (χ3v) is 3.10. The monoisotopic (exact) mass is 264 g/mol. The van der Waals surface area contributed by atoms with Gasteiger partial charge in [-0.1, -0.05) is 6.92 Å². The molecule has 19 heavy (non-hydrogen) atoms. The lowest BCUT2D eigenvalue weighted by molar-refractivity contribution is 0.234. The van der Waals surface area contributed by atoms with Gasteiger partial charge in [0.05, 0.1) is 12.1 Å². The highest BCUT2D eigenvalue weighted by molar-refractivity contribution is 5.49. The van der Waals surface area contributed by atoms with Gasteiger partial charge < -0.3 is 15.7 Å². The van der Waals surface area contributed by atoms with Crippen molar-refractivity contribution >= 4 is 11.6 Å². The maximum Gasteiger partial charge on any atom is 0.136 e. The van der Waals surface area contributed by atoms with Gasteiger partial charge in [-0.05, 0) is 33.1 Å². The Balaban J connectivity index is 2.18. The van der Waals surface area contributed by atoms with E-state index in [0.29, 0.717) is 5.92 Å². The molecule has 0 spiro atoms. The zero-order chi connectivity index (χ0) is 13.9. The second kappa shape index (κ2) is 5.74. The van der Waals surface area contributed by atoms with E-state index in [4.69, 9.17) is 0 Å². The first kappa shape index (κ1) is 14.1. The van der Waals surface area contributed by atoms with Crippen LogP contribution < -0.4 is 10.6 Å². The summed E-state index contributed by atoms with van der Waals surface area (Å²) in [5.74, 6) is 3.09. The van der Waals surface area contributed by atoms with Gasteiger partial charge in [0.1, 0.15) is 17.5 Å². The number of hydrogen-bond donors (Lipinski definition) is 3. The molecule has 0 aliphatic heterocycles. The summed E-state index contributed by atoms with van der Waals surface area (Å²) < 4.78 is 0. The third kappa shape index (κ3) is 4.06. The summed E-state index contributed by atoms with van der Waals surface area (Å²) in [4.78, 5) is 9.13. The van der Waals surface area contributed by atoms with Crippen molar-refractivity contribution in [2.45, 2.75) is 51.5 Å². The number of hydrogen-bond acceptors (Lipinski definition) is 5. The van der Waals surface area contributed by atoms with Gasteiger partial charge in [0.2, 0.25) is 0 Å². The Morgan fingerprint density at radius 2 is 2.00 bits per heavy atom. The number of aliphatic hydroxyl groups excluding tert-OH is 1. The minimum absolute atomic E-state index is 0.0630. The molecule has 3 N–H and O–H groups in total. The summed E-state index contributed by atoms with van der Waals surface area (Å²) in [7, 11) is 0. The summed E-state index contributed by atoms with van der Waals surface area (Å²) in [6.07, 6.45) is 3.42. The van der Waals surface area contributed by atoms with Gasteiger partial charge in [0.15, 0.2) is 0 Å². The highest BCUT2D eigenvalue weighted by atomic mass is 16.3. The van der Waals surface area contributed by atoms with Crippen LogP contribution in [0.4, 0.5) is 11.6 Å². The fraction of sp³-hybridized carbons (Fsp3) is 0.714. The second-order valence-corrected chi connectivity index (χ2v) is 5.86. The van der Waals surface area contributed by atoms with Crippen LogP contribution in [-0.2, 0) is 0 Å². The number of nitrogens with one attached hydrogen (secondary N) is 2. The van der Waals surface area contributed by atoms with Crippen LogP contribution in [0.3, 0.4) is 0 Å². The molecule has 2 rings (SSSR count). The maximum absolute atomic E-state index is 9.34. The average Bonchev–Trinajstić information content (AvgIpc) is 3.20. The van der Waals surface area contributed by atoms with E-state index in [1.165, 1.54) is 12.8 Å². The second-order valence-electron chi connectivity index (χ2n) is 5.86. The minimum Gasteiger partial charge on any atom is -0.394 e. The molecule has 1 heterocycles. The van der Waals surface area contributed by atoms with Crippen LogP contribution in [0.5, 0.6) is 0 Å². The zero-order valence-corrected chi connectivity index (χ0v) is 12.0. The molecule has 0 aromatic carbocycles. The smallest absolute Gasteiger partial charge is 0.136 e. The molecule has 1 aliphatic carbocycles. The van der Waals surface area contributed by atoms with Crippen molar-refractivity contribution in [3.05, 3.63) is 11.9 Å². The predicted octanol–water partition coefficient (Wildman–Crippen LogP) is 2.36. The highest BCUT2D eigenvalue weighted by Gasteiger charge is 2.28. The Morgan fingerprint density at radius 1 is 1.32 bits per heavy atom. The molecule has 0 atom stereocenters. The van der Waals surface area contributed by atoms with Gasteiger partial charge in [0, 0.05) is 18.5 Å². The normalized spacial score (nSPS) is 15.4. The number of rotatable bonds is 7. The van der Waals surface area contributed by atoms with E-state index >= 15 is 0 Å². The fourth-order valence-electron chi connectivity index (χ4n) is 1.78. The molecular formula is C14H24N4O. The van der Waals surface area contributed by atoms with E-state index in [1.807, 2.05) is 19.9 Å². The van der Waals surface area contributed by atoms with E-state index in [0.717, 1.165) is 30.4 Å². The lowest BCUT2D eigenvalue weighted by Gasteiger charge is -2.24. The molecule has 0 radical (unpaired) electrons. The van der Waals surface area contributed by atoms with Crippen molar-refractivity contribution in [2.75, 3.05) is 23.8 Å². The largest absolute Gasteiger partial charge is 0.394 e. The summed E-state index contributed by atoms with van der Waals surface area (Å²) in [6, 6.07) is 1.92. The molecule has 1 fully saturated rings. The molecule has 0 saturated heterocycles. The van der Waals surface area contributed by atoms with E-state index < -0.39 is 0 Å².